The molecule has 2 aromatic carbocycles. The van der Waals surface area contributed by atoms with Crippen molar-refractivity contribution in [1.29, 1.82) is 0 Å². The van der Waals surface area contributed by atoms with Crippen molar-refractivity contribution in [3.8, 4) is 5.75 Å². The molecular formula is C17H15NO7. The first-order valence-electron chi connectivity index (χ1n) is 7.18. The Kier molecular flexibility index (Phi) is 6.05. The van der Waals surface area contributed by atoms with Gasteiger partial charge in [-0.25, -0.2) is 4.79 Å². The minimum atomic E-state index is -1.29. The summed E-state index contributed by atoms with van der Waals surface area (Å²) >= 11 is 0. The van der Waals surface area contributed by atoms with E-state index in [1.807, 2.05) is 0 Å². The molecule has 2 rings (SSSR count). The van der Waals surface area contributed by atoms with Gasteiger partial charge in [0, 0.05) is 17.7 Å². The van der Waals surface area contributed by atoms with Crippen molar-refractivity contribution in [1.82, 2.24) is 0 Å². The summed E-state index contributed by atoms with van der Waals surface area (Å²) in [6.45, 7) is 0.106. The Labute approximate surface area is 143 Å². The van der Waals surface area contributed by atoms with E-state index in [1.54, 1.807) is 31.4 Å². The van der Waals surface area contributed by atoms with Gasteiger partial charge in [-0.15, -0.1) is 0 Å². The van der Waals surface area contributed by atoms with Crippen LogP contribution in [0, 0.1) is 10.1 Å². The van der Waals surface area contributed by atoms with Gasteiger partial charge in [0.15, 0.2) is 0 Å². The lowest BCUT2D eigenvalue weighted by atomic mass is 10.1. The van der Waals surface area contributed by atoms with Crippen molar-refractivity contribution >= 4 is 18.1 Å². The summed E-state index contributed by atoms with van der Waals surface area (Å²) in [5, 5.41) is 10.7. The zero-order chi connectivity index (χ0) is 18.2. The van der Waals surface area contributed by atoms with Gasteiger partial charge in [-0.3, -0.25) is 14.9 Å². The van der Waals surface area contributed by atoms with Crippen LogP contribution < -0.4 is 4.74 Å². The third-order valence-corrected chi connectivity index (χ3v) is 3.35. The van der Waals surface area contributed by atoms with Crippen molar-refractivity contribution in [2.24, 2.45) is 0 Å². The molecule has 0 aromatic heterocycles. The van der Waals surface area contributed by atoms with Crippen LogP contribution in [0.15, 0.2) is 48.5 Å². The minimum Gasteiger partial charge on any atom is -0.497 e. The molecule has 2 aromatic rings. The Balaban J connectivity index is 2.06. The number of hydrogen-bond acceptors (Lipinski definition) is 7. The van der Waals surface area contributed by atoms with E-state index in [0.717, 1.165) is 5.56 Å². The summed E-state index contributed by atoms with van der Waals surface area (Å²) < 4.78 is 15.0. The molecule has 0 aliphatic carbocycles. The smallest absolute Gasteiger partial charge is 0.352 e. The quantitative estimate of drug-likeness (QED) is 0.313. The van der Waals surface area contributed by atoms with Gasteiger partial charge in [0.25, 0.3) is 12.2 Å². The number of nitrogens with zero attached hydrogens (tertiary/aromatic N) is 1. The number of hydrogen-bond donors (Lipinski definition) is 0. The second-order valence-electron chi connectivity index (χ2n) is 4.92. The lowest BCUT2D eigenvalue weighted by molar-refractivity contribution is -0.384. The normalized spacial score (nSPS) is 11.2. The van der Waals surface area contributed by atoms with Gasteiger partial charge in [0.2, 0.25) is 6.10 Å². The second kappa shape index (κ2) is 8.44. The van der Waals surface area contributed by atoms with Crippen LogP contribution in [0.25, 0.3) is 0 Å². The number of methoxy groups -OCH3 is 1. The van der Waals surface area contributed by atoms with Gasteiger partial charge in [-0.2, -0.15) is 0 Å². The van der Waals surface area contributed by atoms with Crippen LogP contribution in [0.4, 0.5) is 5.69 Å². The predicted molar refractivity (Wildman–Crippen MR) is 85.8 cm³/mol. The monoisotopic (exact) mass is 345 g/mol. The van der Waals surface area contributed by atoms with Crippen LogP contribution >= 0.6 is 0 Å². The Morgan fingerprint density at radius 1 is 1.16 bits per heavy atom. The maximum absolute atomic E-state index is 12.2. The van der Waals surface area contributed by atoms with E-state index in [-0.39, 0.29) is 24.3 Å². The van der Waals surface area contributed by atoms with Crippen LogP contribution in [0.2, 0.25) is 0 Å². The maximum Gasteiger partial charge on any atom is 0.352 e. The number of carbonyl (C=O) groups is 2. The molecule has 0 saturated carbocycles. The summed E-state index contributed by atoms with van der Waals surface area (Å²) in [7, 11) is 1.54. The highest BCUT2D eigenvalue weighted by molar-refractivity contribution is 5.77. The second-order valence-corrected chi connectivity index (χ2v) is 4.92. The van der Waals surface area contributed by atoms with E-state index in [9.17, 15) is 19.7 Å². The van der Waals surface area contributed by atoms with Gasteiger partial charge in [0.05, 0.1) is 12.0 Å². The van der Waals surface area contributed by atoms with Crippen molar-refractivity contribution in [2.75, 3.05) is 7.11 Å². The molecule has 0 amide bonds. The van der Waals surface area contributed by atoms with Gasteiger partial charge >= 0.3 is 5.97 Å². The largest absolute Gasteiger partial charge is 0.497 e. The van der Waals surface area contributed by atoms with Crippen LogP contribution in [-0.2, 0) is 25.7 Å². The first-order valence-corrected chi connectivity index (χ1v) is 7.18. The lowest BCUT2D eigenvalue weighted by Crippen LogP contribution is -2.18. The van der Waals surface area contributed by atoms with E-state index >= 15 is 0 Å². The van der Waals surface area contributed by atoms with Gasteiger partial charge in [-0.05, 0) is 29.8 Å². The highest BCUT2D eigenvalue weighted by atomic mass is 16.6. The number of esters is 1. The molecule has 1 unspecified atom stereocenters. The Morgan fingerprint density at radius 3 is 2.32 bits per heavy atom. The SMILES string of the molecule is COc1ccc(COC(=O)C(OC=O)c2ccc([N+](=O)[O-])cc2)cc1. The van der Waals surface area contributed by atoms with Crippen LogP contribution in [0.5, 0.6) is 5.75 Å². The first kappa shape index (κ1) is 17.9. The zero-order valence-corrected chi connectivity index (χ0v) is 13.3. The first-order chi connectivity index (χ1) is 12.0. The van der Waals surface area contributed by atoms with Crippen molar-refractivity contribution < 1.29 is 28.7 Å². The molecule has 25 heavy (non-hydrogen) atoms. The summed E-state index contributed by atoms with van der Waals surface area (Å²) in [6.07, 6.45) is -1.29. The number of ether oxygens (including phenoxy) is 3. The third kappa shape index (κ3) is 4.77. The highest BCUT2D eigenvalue weighted by Crippen LogP contribution is 2.22. The average molecular weight is 345 g/mol. The summed E-state index contributed by atoms with van der Waals surface area (Å²) in [6, 6.07) is 12.0. The molecule has 0 radical (unpaired) electrons. The number of rotatable bonds is 8. The number of nitro benzene ring substituents is 1. The highest BCUT2D eigenvalue weighted by Gasteiger charge is 2.24. The Bertz CT molecular complexity index is 741. The van der Waals surface area contributed by atoms with Gasteiger partial charge < -0.3 is 14.2 Å². The molecular weight excluding hydrogens is 330 g/mol. The van der Waals surface area contributed by atoms with Gasteiger partial charge in [0.1, 0.15) is 12.4 Å². The molecule has 8 nitrogen and oxygen atoms in total. The van der Waals surface area contributed by atoms with Crippen LogP contribution in [0.1, 0.15) is 17.2 Å². The number of benzene rings is 2. The minimum absolute atomic E-state index is 0.0193. The predicted octanol–water partition coefficient (Wildman–Crippen LogP) is 2.56. The van der Waals surface area contributed by atoms with Gasteiger partial charge in [-0.1, -0.05) is 12.1 Å². The molecule has 0 fully saturated rings. The summed E-state index contributed by atoms with van der Waals surface area (Å²) in [4.78, 5) is 32.9. The molecule has 0 bridgehead atoms. The molecule has 8 heteroatoms. The summed E-state index contributed by atoms with van der Waals surface area (Å²) in [5.41, 5.74) is 0.861. The molecule has 0 spiro atoms. The van der Waals surface area contributed by atoms with E-state index < -0.39 is 17.0 Å². The fourth-order valence-electron chi connectivity index (χ4n) is 2.05. The molecule has 0 saturated heterocycles. The lowest BCUT2D eigenvalue weighted by Gasteiger charge is -2.14. The molecule has 0 N–H and O–H groups in total. The van der Waals surface area contributed by atoms with Crippen LogP contribution in [0.3, 0.4) is 0 Å². The Morgan fingerprint density at radius 2 is 1.80 bits per heavy atom. The van der Waals surface area contributed by atoms with E-state index in [1.165, 1.54) is 24.3 Å². The zero-order valence-electron chi connectivity index (χ0n) is 13.3. The van der Waals surface area contributed by atoms with Crippen molar-refractivity contribution in [2.45, 2.75) is 12.7 Å². The number of carbonyl (C=O) groups excluding carboxylic acids is 2. The molecule has 0 heterocycles. The molecule has 0 aliphatic rings. The standard InChI is InChI=1S/C17H15NO7/c1-23-15-8-2-12(3-9-15)10-24-17(20)16(25-11-19)13-4-6-14(7-5-13)18(21)22/h2-9,11,16H,10H2,1H3. The van der Waals surface area contributed by atoms with E-state index in [2.05, 4.69) is 0 Å². The summed E-state index contributed by atoms with van der Waals surface area (Å²) in [5.74, 6) is -0.111. The Hall–Kier alpha value is -3.42. The third-order valence-electron chi connectivity index (χ3n) is 3.35. The van der Waals surface area contributed by atoms with E-state index in [0.29, 0.717) is 5.75 Å². The molecule has 0 aliphatic heterocycles. The van der Waals surface area contributed by atoms with Crippen molar-refractivity contribution in [3.05, 3.63) is 69.8 Å². The molecule has 1 atom stereocenters. The van der Waals surface area contributed by atoms with Crippen LogP contribution in [-0.4, -0.2) is 24.5 Å². The fraction of sp³-hybridized carbons (Fsp3) is 0.176. The van der Waals surface area contributed by atoms with Crippen molar-refractivity contribution in [3.63, 3.8) is 0 Å². The topological polar surface area (TPSA) is 105 Å². The number of non-ortho nitro benzene ring substituents is 1. The fourth-order valence-corrected chi connectivity index (χ4v) is 2.05. The average Bonchev–Trinajstić information content (AvgIpc) is 2.64. The molecule has 130 valence electrons. The number of nitro groups is 1. The van der Waals surface area contributed by atoms with E-state index in [4.69, 9.17) is 14.2 Å². The maximum atomic E-state index is 12.2.